The zero-order valence-electron chi connectivity index (χ0n) is 22.1. The summed E-state index contributed by atoms with van der Waals surface area (Å²) in [5.41, 5.74) is 1.07. The van der Waals surface area contributed by atoms with Crippen LogP contribution in [0.1, 0.15) is 10.4 Å². The predicted molar refractivity (Wildman–Crippen MR) is 147 cm³/mol. The number of alkyl halides is 2. The second-order valence-corrected chi connectivity index (χ2v) is 10.1. The Balaban J connectivity index is 1.38. The van der Waals surface area contributed by atoms with Crippen molar-refractivity contribution >= 4 is 52.5 Å². The Hall–Kier alpha value is -3.64. The quantitative estimate of drug-likeness (QED) is 0.439. The third-order valence-electron chi connectivity index (χ3n) is 6.64. The van der Waals surface area contributed by atoms with Gasteiger partial charge in [0.05, 0.1) is 45.8 Å². The third kappa shape index (κ3) is 6.23. The minimum absolute atomic E-state index is 0.0245. The van der Waals surface area contributed by atoms with E-state index in [-0.39, 0.29) is 19.0 Å². The lowest BCUT2D eigenvalue weighted by molar-refractivity contribution is -0.119. The number of hydrogen-bond donors (Lipinski definition) is 1. The summed E-state index contributed by atoms with van der Waals surface area (Å²) in [7, 11) is 4.45. The fraction of sp³-hybridized carbons (Fsp3) is 0.423. The summed E-state index contributed by atoms with van der Waals surface area (Å²) >= 11 is 11.0. The molecule has 0 unspecified atom stereocenters. The number of cyclic esters (lactones) is 1. The van der Waals surface area contributed by atoms with Crippen LogP contribution in [0.2, 0.25) is 0 Å². The first-order valence-electron chi connectivity index (χ1n) is 12.3. The SMILES string of the molecule is COc1cc(C(=O)N2CCN(c3ccc(N4C[C@H](CNC(=O)C(Cl)Cl)OC4=O)cc3F)CC2)cc(OC)c1OC. The van der Waals surface area contributed by atoms with Crippen LogP contribution in [0.15, 0.2) is 30.3 Å². The van der Waals surface area contributed by atoms with E-state index in [1.165, 1.54) is 32.3 Å². The summed E-state index contributed by atoms with van der Waals surface area (Å²) in [5.74, 6) is -0.172. The van der Waals surface area contributed by atoms with Gasteiger partial charge in [-0.15, -0.1) is 0 Å². The molecule has 1 N–H and O–H groups in total. The number of carbonyl (C=O) groups is 3. The maximum absolute atomic E-state index is 15.2. The Morgan fingerprint density at radius 2 is 1.70 bits per heavy atom. The lowest BCUT2D eigenvalue weighted by atomic mass is 10.1. The summed E-state index contributed by atoms with van der Waals surface area (Å²) in [5, 5.41) is 2.48. The number of nitrogens with zero attached hydrogens (tertiary/aromatic N) is 3. The van der Waals surface area contributed by atoms with Crippen molar-refractivity contribution in [3.8, 4) is 17.2 Å². The number of amides is 3. The van der Waals surface area contributed by atoms with Gasteiger partial charge in [-0.2, -0.15) is 0 Å². The number of anilines is 2. The van der Waals surface area contributed by atoms with E-state index in [4.69, 9.17) is 42.1 Å². The van der Waals surface area contributed by atoms with Gasteiger partial charge in [-0.1, -0.05) is 23.2 Å². The molecule has 1 atom stereocenters. The summed E-state index contributed by atoms with van der Waals surface area (Å²) in [6, 6.07) is 7.68. The van der Waals surface area contributed by atoms with Crippen LogP contribution in [0.25, 0.3) is 0 Å². The molecule has 0 aliphatic carbocycles. The molecule has 2 heterocycles. The van der Waals surface area contributed by atoms with E-state index in [2.05, 4.69) is 5.32 Å². The van der Waals surface area contributed by atoms with Gasteiger partial charge in [0.1, 0.15) is 11.9 Å². The third-order valence-corrected chi connectivity index (χ3v) is 7.03. The zero-order valence-corrected chi connectivity index (χ0v) is 23.6. The van der Waals surface area contributed by atoms with Crippen LogP contribution in [0.5, 0.6) is 17.2 Å². The molecule has 2 aliphatic heterocycles. The lowest BCUT2D eigenvalue weighted by Crippen LogP contribution is -2.49. The smallest absolute Gasteiger partial charge is 0.414 e. The highest BCUT2D eigenvalue weighted by molar-refractivity contribution is 6.53. The molecule has 2 aromatic carbocycles. The largest absolute Gasteiger partial charge is 0.493 e. The summed E-state index contributed by atoms with van der Waals surface area (Å²) < 4.78 is 36.5. The van der Waals surface area contributed by atoms with Crippen molar-refractivity contribution in [3.63, 3.8) is 0 Å². The van der Waals surface area contributed by atoms with Gasteiger partial charge >= 0.3 is 6.09 Å². The predicted octanol–water partition coefficient (Wildman–Crippen LogP) is 3.06. The van der Waals surface area contributed by atoms with E-state index in [1.807, 2.05) is 4.90 Å². The Kier molecular flexibility index (Phi) is 9.31. The molecule has 0 saturated carbocycles. The molecule has 0 bridgehead atoms. The number of hydrogen-bond acceptors (Lipinski definition) is 8. The molecule has 0 aromatic heterocycles. The van der Waals surface area contributed by atoms with Gasteiger partial charge in [-0.05, 0) is 30.3 Å². The molecule has 0 spiro atoms. The molecule has 14 heteroatoms. The van der Waals surface area contributed by atoms with Crippen molar-refractivity contribution in [1.29, 1.82) is 0 Å². The number of nitrogens with one attached hydrogen (secondary N) is 1. The molecule has 11 nitrogen and oxygen atoms in total. The summed E-state index contributed by atoms with van der Waals surface area (Å²) in [6.07, 6.45) is -1.29. The molecular weight excluding hydrogens is 570 g/mol. The number of ether oxygens (including phenoxy) is 4. The van der Waals surface area contributed by atoms with Gasteiger partial charge < -0.3 is 34.1 Å². The van der Waals surface area contributed by atoms with Crippen LogP contribution in [0, 0.1) is 5.82 Å². The average molecular weight is 599 g/mol. The van der Waals surface area contributed by atoms with Crippen molar-refractivity contribution in [2.45, 2.75) is 10.9 Å². The molecule has 216 valence electrons. The first-order valence-corrected chi connectivity index (χ1v) is 13.2. The fourth-order valence-corrected chi connectivity index (χ4v) is 4.74. The highest BCUT2D eigenvalue weighted by Gasteiger charge is 2.34. The molecule has 3 amide bonds. The van der Waals surface area contributed by atoms with E-state index >= 15 is 4.39 Å². The van der Waals surface area contributed by atoms with Crippen molar-refractivity contribution in [2.24, 2.45) is 0 Å². The maximum atomic E-state index is 15.2. The second-order valence-electron chi connectivity index (χ2n) is 8.99. The lowest BCUT2D eigenvalue weighted by Gasteiger charge is -2.36. The average Bonchev–Trinajstić information content (AvgIpc) is 3.34. The number of carbonyl (C=O) groups excluding carboxylic acids is 3. The van der Waals surface area contributed by atoms with Crippen molar-refractivity contribution in [2.75, 3.05) is 70.4 Å². The van der Waals surface area contributed by atoms with Crippen LogP contribution in [0.3, 0.4) is 0 Å². The van der Waals surface area contributed by atoms with Crippen LogP contribution >= 0.6 is 23.2 Å². The van der Waals surface area contributed by atoms with Crippen LogP contribution in [-0.4, -0.2) is 94.3 Å². The van der Waals surface area contributed by atoms with Gasteiger partial charge in [0, 0.05) is 31.7 Å². The molecule has 2 saturated heterocycles. The summed E-state index contributed by atoms with van der Waals surface area (Å²) in [4.78, 5) is 40.7. The molecule has 2 fully saturated rings. The van der Waals surface area contributed by atoms with Gasteiger partial charge in [0.2, 0.25) is 5.75 Å². The first-order chi connectivity index (χ1) is 19.2. The minimum atomic E-state index is -1.23. The first kappa shape index (κ1) is 29.3. The maximum Gasteiger partial charge on any atom is 0.414 e. The van der Waals surface area contributed by atoms with E-state index < -0.39 is 28.8 Å². The van der Waals surface area contributed by atoms with Crippen LogP contribution < -0.4 is 29.3 Å². The Morgan fingerprint density at radius 1 is 1.05 bits per heavy atom. The van der Waals surface area contributed by atoms with Crippen LogP contribution in [-0.2, 0) is 9.53 Å². The van der Waals surface area contributed by atoms with Gasteiger partial charge in [0.15, 0.2) is 16.3 Å². The molecule has 2 aromatic rings. The molecule has 40 heavy (non-hydrogen) atoms. The molecule has 2 aliphatic rings. The summed E-state index contributed by atoms with van der Waals surface area (Å²) in [6.45, 7) is 1.69. The number of rotatable bonds is 9. The fourth-order valence-electron chi connectivity index (χ4n) is 4.59. The highest BCUT2D eigenvalue weighted by atomic mass is 35.5. The van der Waals surface area contributed by atoms with Crippen molar-refractivity contribution < 1.29 is 37.7 Å². The number of piperazine rings is 1. The van der Waals surface area contributed by atoms with Gasteiger partial charge in [-0.25, -0.2) is 9.18 Å². The van der Waals surface area contributed by atoms with Gasteiger partial charge in [-0.3, -0.25) is 14.5 Å². The van der Waals surface area contributed by atoms with Crippen molar-refractivity contribution in [3.05, 3.63) is 41.7 Å². The van der Waals surface area contributed by atoms with E-state index in [0.29, 0.717) is 60.4 Å². The zero-order chi connectivity index (χ0) is 29.0. The number of halogens is 3. The number of benzene rings is 2. The Morgan fingerprint density at radius 3 is 2.25 bits per heavy atom. The molecule has 0 radical (unpaired) electrons. The van der Waals surface area contributed by atoms with Crippen molar-refractivity contribution in [1.82, 2.24) is 10.2 Å². The van der Waals surface area contributed by atoms with Crippen LogP contribution in [0.4, 0.5) is 20.6 Å². The molecule has 4 rings (SSSR count). The monoisotopic (exact) mass is 598 g/mol. The Bertz CT molecular complexity index is 1250. The topological polar surface area (TPSA) is 110 Å². The number of methoxy groups -OCH3 is 3. The second kappa shape index (κ2) is 12.7. The minimum Gasteiger partial charge on any atom is -0.493 e. The standard InChI is InChI=1S/C26H29Cl2FN4O7/c1-37-20-10-15(11-21(38-2)22(20)39-3)25(35)32-8-6-31(7-9-32)19-5-4-16(12-18(19)29)33-14-17(40-26(33)36)13-30-24(34)23(27)28/h4-5,10-12,17,23H,6-9,13-14H2,1-3H3,(H,30,34)/t17-/m0/s1. The molecular formula is C26H29Cl2FN4O7. The van der Waals surface area contributed by atoms with E-state index in [1.54, 1.807) is 29.2 Å². The normalized spacial score (nSPS) is 17.1. The van der Waals surface area contributed by atoms with E-state index in [0.717, 1.165) is 0 Å². The Labute approximate surface area is 240 Å². The van der Waals surface area contributed by atoms with E-state index in [9.17, 15) is 14.4 Å². The highest BCUT2D eigenvalue weighted by Crippen LogP contribution is 2.38. The van der Waals surface area contributed by atoms with Gasteiger partial charge in [0.25, 0.3) is 11.8 Å².